The van der Waals surface area contributed by atoms with E-state index in [1.54, 1.807) is 12.4 Å². The minimum atomic E-state index is -1.15. The Bertz CT molecular complexity index is 430. The summed E-state index contributed by atoms with van der Waals surface area (Å²) in [5.74, 6) is 0.658. The van der Waals surface area contributed by atoms with E-state index in [2.05, 4.69) is 30.6 Å². The minimum Gasteiger partial charge on any atom is -0.242 e. The second kappa shape index (κ2) is 5.75. The van der Waals surface area contributed by atoms with Crippen molar-refractivity contribution >= 4 is 26.9 Å². The first-order valence-electron chi connectivity index (χ1n) is 5.87. The normalized spacial score (nSPS) is 17.2. The number of halogens is 1. The number of rotatable bonds is 4. The summed E-state index contributed by atoms with van der Waals surface area (Å²) in [5, 5.41) is 0. The lowest BCUT2D eigenvalue weighted by molar-refractivity contribution is 0.399. The van der Waals surface area contributed by atoms with Crippen LogP contribution in [0.3, 0.4) is 0 Å². The maximum Gasteiger partial charge on any atom is 0.148 e. The highest BCUT2D eigenvalue weighted by Gasteiger charge is 2.33. The molecule has 1 aromatic rings. The molecule has 1 rings (SSSR count). The smallest absolute Gasteiger partial charge is 0.148 e. The average molecular weight is 334 g/mol. The van der Waals surface area contributed by atoms with Crippen LogP contribution in [0.15, 0.2) is 16.9 Å². The van der Waals surface area contributed by atoms with Crippen molar-refractivity contribution in [2.45, 2.75) is 51.3 Å². The van der Waals surface area contributed by atoms with Crippen molar-refractivity contribution in [2.75, 3.05) is 0 Å². The molecule has 0 aliphatic heterocycles. The van der Waals surface area contributed by atoms with Crippen LogP contribution in [0.4, 0.5) is 0 Å². The van der Waals surface area contributed by atoms with Gasteiger partial charge in [0.2, 0.25) is 0 Å². The van der Waals surface area contributed by atoms with E-state index in [-0.39, 0.29) is 4.75 Å². The number of nitrogens with one attached hydrogen (secondary N) is 1. The van der Waals surface area contributed by atoms with Crippen molar-refractivity contribution < 1.29 is 4.21 Å². The van der Waals surface area contributed by atoms with Gasteiger partial charge in [-0.05, 0) is 50.0 Å². The van der Waals surface area contributed by atoms with Gasteiger partial charge < -0.3 is 0 Å². The molecule has 1 aromatic heterocycles. The van der Waals surface area contributed by atoms with Crippen molar-refractivity contribution in [1.29, 1.82) is 0 Å². The molecule has 18 heavy (non-hydrogen) atoms. The van der Waals surface area contributed by atoms with E-state index < -0.39 is 16.5 Å². The Balaban J connectivity index is 2.99. The Morgan fingerprint density at radius 1 is 1.28 bits per heavy atom. The third kappa shape index (κ3) is 3.83. The van der Waals surface area contributed by atoms with E-state index >= 15 is 0 Å². The molecule has 0 aliphatic rings. The molecule has 1 N–H and O–H groups in total. The summed E-state index contributed by atoms with van der Waals surface area (Å²) in [4.78, 5) is 8.60. The van der Waals surface area contributed by atoms with Crippen LogP contribution in [-0.2, 0) is 16.5 Å². The lowest BCUT2D eigenvalue weighted by Gasteiger charge is -2.31. The first-order chi connectivity index (χ1) is 8.19. The van der Waals surface area contributed by atoms with Crippen LogP contribution < -0.4 is 4.72 Å². The molecule has 2 atom stereocenters. The Labute approximate surface area is 120 Å². The van der Waals surface area contributed by atoms with E-state index in [0.29, 0.717) is 5.82 Å². The zero-order valence-corrected chi connectivity index (χ0v) is 13.9. The molecule has 0 fully saturated rings. The van der Waals surface area contributed by atoms with Gasteiger partial charge in [-0.3, -0.25) is 0 Å². The average Bonchev–Trinajstić information content (AvgIpc) is 2.28. The molecule has 0 aromatic carbocycles. The molecular formula is C12H20BrN3OS. The molecule has 0 saturated carbocycles. The molecule has 102 valence electrons. The van der Waals surface area contributed by atoms with Crippen molar-refractivity contribution in [2.24, 2.45) is 0 Å². The minimum absolute atomic E-state index is 0.314. The second-order valence-electron chi connectivity index (χ2n) is 5.39. The summed E-state index contributed by atoms with van der Waals surface area (Å²) in [6.07, 6.45) is 4.17. The molecule has 0 amide bonds. The zero-order chi connectivity index (χ0) is 14.0. The number of nitrogens with zero attached hydrogens (tertiary/aromatic N) is 2. The Morgan fingerprint density at radius 2 is 1.78 bits per heavy atom. The molecule has 0 bridgehead atoms. The van der Waals surface area contributed by atoms with Gasteiger partial charge in [0.15, 0.2) is 0 Å². The van der Waals surface area contributed by atoms with Crippen molar-refractivity contribution in [1.82, 2.24) is 14.7 Å². The van der Waals surface area contributed by atoms with E-state index in [0.717, 1.165) is 10.9 Å². The van der Waals surface area contributed by atoms with E-state index in [4.69, 9.17) is 0 Å². The van der Waals surface area contributed by atoms with Gasteiger partial charge in [0, 0.05) is 12.4 Å². The molecule has 0 radical (unpaired) electrons. The van der Waals surface area contributed by atoms with Crippen LogP contribution in [0.5, 0.6) is 0 Å². The van der Waals surface area contributed by atoms with Crippen molar-refractivity contribution in [3.63, 3.8) is 0 Å². The maximum atomic E-state index is 12.2. The summed E-state index contributed by atoms with van der Waals surface area (Å²) >= 11 is 3.31. The van der Waals surface area contributed by atoms with Crippen LogP contribution >= 0.6 is 15.9 Å². The lowest BCUT2D eigenvalue weighted by atomic mass is 10.00. The van der Waals surface area contributed by atoms with Gasteiger partial charge in [0.1, 0.15) is 5.82 Å². The van der Waals surface area contributed by atoms with Gasteiger partial charge in [0.05, 0.1) is 25.7 Å². The summed E-state index contributed by atoms with van der Waals surface area (Å²) in [5.41, 5.74) is -0.487. The topological polar surface area (TPSA) is 54.9 Å². The summed E-state index contributed by atoms with van der Waals surface area (Å²) < 4.78 is 15.9. The molecule has 4 nitrogen and oxygen atoms in total. The fraction of sp³-hybridized carbons (Fsp3) is 0.667. The third-order valence-electron chi connectivity index (χ3n) is 2.70. The van der Waals surface area contributed by atoms with Gasteiger partial charge in [-0.2, -0.15) is 0 Å². The van der Waals surface area contributed by atoms with Crippen LogP contribution in [0.25, 0.3) is 0 Å². The fourth-order valence-corrected chi connectivity index (χ4v) is 2.39. The maximum absolute atomic E-state index is 12.2. The first kappa shape index (κ1) is 15.7. The number of aromatic nitrogens is 2. The standard InChI is InChI=1S/C12H20BrN3OS/c1-6-12(5,16-18(17)11(2,3)4)10-14-7-9(13)8-15-10/h7-8,16H,6H2,1-5H3. The van der Waals surface area contributed by atoms with E-state index in [1.165, 1.54) is 0 Å². The molecule has 6 heteroatoms. The number of hydrogen-bond donors (Lipinski definition) is 1. The zero-order valence-electron chi connectivity index (χ0n) is 11.5. The van der Waals surface area contributed by atoms with E-state index in [1.807, 2.05) is 34.6 Å². The quantitative estimate of drug-likeness (QED) is 0.921. The fourth-order valence-electron chi connectivity index (χ4n) is 1.23. The predicted octanol–water partition coefficient (Wildman–Crippen LogP) is 2.92. The van der Waals surface area contributed by atoms with Crippen molar-refractivity contribution in [3.05, 3.63) is 22.7 Å². The highest BCUT2D eigenvalue weighted by Crippen LogP contribution is 2.24. The Morgan fingerprint density at radius 3 is 2.17 bits per heavy atom. The molecular weight excluding hydrogens is 314 g/mol. The molecule has 0 aliphatic carbocycles. The van der Waals surface area contributed by atoms with Gasteiger partial charge in [-0.25, -0.2) is 18.9 Å². The summed E-state index contributed by atoms with van der Waals surface area (Å²) in [7, 11) is -1.15. The lowest BCUT2D eigenvalue weighted by Crippen LogP contribution is -2.46. The Hall–Kier alpha value is -0.330. The highest BCUT2D eigenvalue weighted by molar-refractivity contribution is 9.10. The van der Waals surface area contributed by atoms with Crippen LogP contribution in [0.1, 0.15) is 46.9 Å². The molecule has 0 spiro atoms. The Kier molecular flexibility index (Phi) is 5.03. The van der Waals surface area contributed by atoms with Gasteiger partial charge in [-0.15, -0.1) is 0 Å². The molecule has 2 unspecified atom stereocenters. The van der Waals surface area contributed by atoms with Gasteiger partial charge >= 0.3 is 0 Å². The first-order valence-corrected chi connectivity index (χ1v) is 7.81. The van der Waals surface area contributed by atoms with Crippen LogP contribution in [0, 0.1) is 0 Å². The summed E-state index contributed by atoms with van der Waals surface area (Å²) in [6.45, 7) is 9.82. The van der Waals surface area contributed by atoms with Crippen molar-refractivity contribution in [3.8, 4) is 0 Å². The summed E-state index contributed by atoms with van der Waals surface area (Å²) in [6, 6.07) is 0. The monoisotopic (exact) mass is 333 g/mol. The van der Waals surface area contributed by atoms with Crippen LogP contribution in [-0.4, -0.2) is 18.9 Å². The van der Waals surface area contributed by atoms with Crippen LogP contribution in [0.2, 0.25) is 0 Å². The van der Waals surface area contributed by atoms with E-state index in [9.17, 15) is 4.21 Å². The predicted molar refractivity (Wildman–Crippen MR) is 78.4 cm³/mol. The number of hydrogen-bond acceptors (Lipinski definition) is 3. The van der Waals surface area contributed by atoms with Gasteiger partial charge in [0.25, 0.3) is 0 Å². The second-order valence-corrected chi connectivity index (χ2v) is 8.28. The molecule has 1 heterocycles. The third-order valence-corrected chi connectivity index (χ3v) is 4.85. The largest absolute Gasteiger partial charge is 0.242 e. The molecule has 0 saturated heterocycles. The SMILES string of the molecule is CCC(C)(NS(=O)C(C)(C)C)c1ncc(Br)cn1. The van der Waals surface area contributed by atoms with Gasteiger partial charge in [-0.1, -0.05) is 6.92 Å². The highest BCUT2D eigenvalue weighted by atomic mass is 79.9.